The van der Waals surface area contributed by atoms with Crippen molar-refractivity contribution in [3.63, 3.8) is 0 Å². The standard InChI is InChI=1S/C16H13ClF3NO3S2/c1-2-9-21(10-12-5-8-14(17)25-12)15(22)11-3-6-13(7-4-11)26(23,24)16(18,19)20/h2-8H,1,9-10H2. The van der Waals surface area contributed by atoms with Crippen molar-refractivity contribution in [3.8, 4) is 0 Å². The van der Waals surface area contributed by atoms with Crippen LogP contribution < -0.4 is 0 Å². The molecule has 0 unspecified atom stereocenters. The first-order valence-electron chi connectivity index (χ1n) is 7.12. The van der Waals surface area contributed by atoms with Crippen LogP contribution in [0.4, 0.5) is 13.2 Å². The molecule has 2 aromatic rings. The van der Waals surface area contributed by atoms with E-state index in [2.05, 4.69) is 6.58 Å². The highest BCUT2D eigenvalue weighted by molar-refractivity contribution is 7.92. The van der Waals surface area contributed by atoms with E-state index in [0.29, 0.717) is 4.34 Å². The van der Waals surface area contributed by atoms with Crippen molar-refractivity contribution in [2.75, 3.05) is 6.54 Å². The number of hydrogen-bond acceptors (Lipinski definition) is 4. The second-order valence-electron chi connectivity index (χ2n) is 5.15. The second-order valence-corrected chi connectivity index (χ2v) is 8.89. The van der Waals surface area contributed by atoms with E-state index in [1.54, 1.807) is 12.1 Å². The van der Waals surface area contributed by atoms with Gasteiger partial charge in [0, 0.05) is 17.0 Å². The predicted molar refractivity (Wildman–Crippen MR) is 93.9 cm³/mol. The van der Waals surface area contributed by atoms with Crippen molar-refractivity contribution in [1.82, 2.24) is 4.90 Å². The summed E-state index contributed by atoms with van der Waals surface area (Å²) in [7, 11) is -5.45. The number of alkyl halides is 3. The third-order valence-corrected chi connectivity index (χ3v) is 6.05. The Morgan fingerprint density at radius 3 is 2.27 bits per heavy atom. The molecule has 0 spiro atoms. The number of nitrogens with zero attached hydrogens (tertiary/aromatic N) is 1. The molecule has 140 valence electrons. The highest BCUT2D eigenvalue weighted by atomic mass is 35.5. The smallest absolute Gasteiger partial charge is 0.330 e. The van der Waals surface area contributed by atoms with Gasteiger partial charge in [0.2, 0.25) is 0 Å². The molecule has 1 aromatic carbocycles. The number of sulfone groups is 1. The fourth-order valence-corrected chi connectivity index (χ4v) is 3.96. The zero-order valence-electron chi connectivity index (χ0n) is 13.2. The van der Waals surface area contributed by atoms with Crippen LogP contribution in [-0.2, 0) is 16.4 Å². The Labute approximate surface area is 157 Å². The van der Waals surface area contributed by atoms with Crippen LogP contribution in [0.25, 0.3) is 0 Å². The number of amides is 1. The Bertz CT molecular complexity index is 906. The van der Waals surface area contributed by atoms with Crippen molar-refractivity contribution in [2.45, 2.75) is 16.9 Å². The molecule has 0 bridgehead atoms. The molecule has 0 aliphatic carbocycles. The van der Waals surface area contributed by atoms with Crippen molar-refractivity contribution in [1.29, 1.82) is 0 Å². The molecule has 4 nitrogen and oxygen atoms in total. The maximum absolute atomic E-state index is 12.6. The van der Waals surface area contributed by atoms with Gasteiger partial charge in [-0.25, -0.2) is 8.42 Å². The van der Waals surface area contributed by atoms with Crippen LogP contribution >= 0.6 is 22.9 Å². The minimum atomic E-state index is -5.45. The molecule has 0 atom stereocenters. The summed E-state index contributed by atoms with van der Waals surface area (Å²) >= 11 is 7.16. The van der Waals surface area contributed by atoms with Crippen LogP contribution in [0.1, 0.15) is 15.2 Å². The molecular formula is C16H13ClF3NO3S2. The molecule has 1 amide bonds. The lowest BCUT2D eigenvalue weighted by atomic mass is 10.2. The Morgan fingerprint density at radius 1 is 1.19 bits per heavy atom. The van der Waals surface area contributed by atoms with E-state index in [0.717, 1.165) is 29.1 Å². The molecule has 0 aliphatic rings. The number of hydrogen-bond donors (Lipinski definition) is 0. The van der Waals surface area contributed by atoms with Crippen molar-refractivity contribution in [3.05, 3.63) is 63.8 Å². The number of halogens is 4. The van der Waals surface area contributed by atoms with E-state index >= 15 is 0 Å². The lowest BCUT2D eigenvalue weighted by molar-refractivity contribution is -0.0436. The maximum atomic E-state index is 12.6. The molecule has 1 aromatic heterocycles. The fraction of sp³-hybridized carbons (Fsp3) is 0.188. The van der Waals surface area contributed by atoms with Crippen LogP contribution in [0.15, 0.2) is 53.9 Å². The summed E-state index contributed by atoms with van der Waals surface area (Å²) in [6, 6.07) is 7.09. The monoisotopic (exact) mass is 423 g/mol. The van der Waals surface area contributed by atoms with Gasteiger partial charge in [-0.3, -0.25) is 4.79 Å². The molecule has 0 saturated heterocycles. The van der Waals surface area contributed by atoms with Gasteiger partial charge in [0.15, 0.2) is 0 Å². The Morgan fingerprint density at radius 2 is 1.81 bits per heavy atom. The largest absolute Gasteiger partial charge is 0.501 e. The molecule has 26 heavy (non-hydrogen) atoms. The average molecular weight is 424 g/mol. The number of carbonyl (C=O) groups is 1. The quantitative estimate of drug-likeness (QED) is 0.642. The van der Waals surface area contributed by atoms with Gasteiger partial charge < -0.3 is 4.90 Å². The summed E-state index contributed by atoms with van der Waals surface area (Å²) in [6.07, 6.45) is 1.51. The zero-order chi connectivity index (χ0) is 19.5. The van der Waals surface area contributed by atoms with Crippen molar-refractivity contribution >= 4 is 38.7 Å². The molecule has 0 radical (unpaired) electrons. The molecule has 0 fully saturated rings. The van der Waals surface area contributed by atoms with E-state index in [1.807, 2.05) is 0 Å². The first-order valence-corrected chi connectivity index (χ1v) is 9.80. The summed E-state index contributed by atoms with van der Waals surface area (Å²) in [4.78, 5) is 13.9. The summed E-state index contributed by atoms with van der Waals surface area (Å²) < 4.78 is 61.0. The van der Waals surface area contributed by atoms with Crippen LogP contribution in [0.2, 0.25) is 4.34 Å². The minimum absolute atomic E-state index is 0.0654. The lowest BCUT2D eigenvalue weighted by Gasteiger charge is -2.20. The van der Waals surface area contributed by atoms with Crippen molar-refractivity contribution < 1.29 is 26.4 Å². The predicted octanol–water partition coefficient (Wildman–Crippen LogP) is 4.52. The Hall–Kier alpha value is -1.84. The average Bonchev–Trinajstić information content (AvgIpc) is 2.98. The van der Waals surface area contributed by atoms with Gasteiger partial charge >= 0.3 is 5.51 Å². The topological polar surface area (TPSA) is 54.5 Å². The number of carbonyl (C=O) groups excluding carboxylic acids is 1. The Balaban J connectivity index is 2.25. The molecule has 1 heterocycles. The third kappa shape index (κ3) is 4.46. The molecule has 0 saturated carbocycles. The van der Waals surface area contributed by atoms with Gasteiger partial charge in [-0.1, -0.05) is 17.7 Å². The minimum Gasteiger partial charge on any atom is -0.330 e. The van der Waals surface area contributed by atoms with E-state index in [-0.39, 0.29) is 18.7 Å². The highest BCUT2D eigenvalue weighted by Crippen LogP contribution is 2.30. The summed E-state index contributed by atoms with van der Waals surface area (Å²) in [6.45, 7) is 4.02. The maximum Gasteiger partial charge on any atom is 0.501 e. The zero-order valence-corrected chi connectivity index (χ0v) is 15.6. The molecule has 2 rings (SSSR count). The molecule has 0 N–H and O–H groups in total. The third-order valence-electron chi connectivity index (χ3n) is 3.33. The summed E-state index contributed by atoms with van der Waals surface area (Å²) in [5.74, 6) is -0.467. The van der Waals surface area contributed by atoms with Crippen LogP contribution in [-0.4, -0.2) is 31.3 Å². The number of rotatable bonds is 6. The lowest BCUT2D eigenvalue weighted by Crippen LogP contribution is -2.30. The molecule has 10 heteroatoms. The van der Waals surface area contributed by atoms with Gasteiger partial charge in [0.05, 0.1) is 15.8 Å². The SMILES string of the molecule is C=CCN(Cc1ccc(Cl)s1)C(=O)c1ccc(S(=O)(=O)C(F)(F)F)cc1. The highest BCUT2D eigenvalue weighted by Gasteiger charge is 2.46. The fourth-order valence-electron chi connectivity index (χ4n) is 2.09. The van der Waals surface area contributed by atoms with Crippen LogP contribution in [0, 0.1) is 0 Å². The summed E-state index contributed by atoms with van der Waals surface area (Å²) in [5, 5.41) is 0. The normalized spacial score (nSPS) is 12.0. The summed E-state index contributed by atoms with van der Waals surface area (Å²) in [5.41, 5.74) is -5.33. The van der Waals surface area contributed by atoms with E-state index in [1.165, 1.54) is 22.3 Å². The van der Waals surface area contributed by atoms with Crippen LogP contribution in [0.3, 0.4) is 0 Å². The molecule has 0 aliphatic heterocycles. The second kappa shape index (κ2) is 7.81. The van der Waals surface area contributed by atoms with Gasteiger partial charge in [0.1, 0.15) is 0 Å². The van der Waals surface area contributed by atoms with E-state index < -0.39 is 26.1 Å². The number of thiophene rings is 1. The van der Waals surface area contributed by atoms with Crippen LogP contribution in [0.5, 0.6) is 0 Å². The first-order chi connectivity index (χ1) is 12.1. The number of benzene rings is 1. The van der Waals surface area contributed by atoms with E-state index in [4.69, 9.17) is 11.6 Å². The first kappa shape index (κ1) is 20.5. The van der Waals surface area contributed by atoms with Crippen molar-refractivity contribution in [2.24, 2.45) is 0 Å². The Kier molecular flexibility index (Phi) is 6.15. The van der Waals surface area contributed by atoms with Gasteiger partial charge in [0.25, 0.3) is 15.7 Å². The van der Waals surface area contributed by atoms with Gasteiger partial charge in [-0.15, -0.1) is 17.9 Å². The van der Waals surface area contributed by atoms with E-state index in [9.17, 15) is 26.4 Å². The van der Waals surface area contributed by atoms with Gasteiger partial charge in [-0.2, -0.15) is 13.2 Å². The van der Waals surface area contributed by atoms with Gasteiger partial charge in [-0.05, 0) is 36.4 Å². The molecular weight excluding hydrogens is 411 g/mol.